The number of para-hydroxylation sites is 1. The fourth-order valence-electron chi connectivity index (χ4n) is 4.69. The third-order valence-corrected chi connectivity index (χ3v) is 6.52. The van der Waals surface area contributed by atoms with E-state index in [0.717, 1.165) is 55.8 Å². The van der Waals surface area contributed by atoms with Crippen LogP contribution in [0.4, 0.5) is 5.69 Å². The van der Waals surface area contributed by atoms with Crippen LogP contribution in [0.1, 0.15) is 50.5 Å². The maximum atomic E-state index is 12.5. The van der Waals surface area contributed by atoms with Gasteiger partial charge in [-0.15, -0.1) is 0 Å². The Labute approximate surface area is 196 Å². The van der Waals surface area contributed by atoms with Crippen LogP contribution in [0, 0.1) is 0 Å². The van der Waals surface area contributed by atoms with Gasteiger partial charge in [-0.3, -0.25) is 14.5 Å². The monoisotopic (exact) mass is 449 g/mol. The zero-order valence-corrected chi connectivity index (χ0v) is 19.3. The van der Waals surface area contributed by atoms with E-state index in [1.807, 2.05) is 42.5 Å². The summed E-state index contributed by atoms with van der Waals surface area (Å²) in [6, 6.07) is 17.9. The smallest absolute Gasteiger partial charge is 0.238 e. The molecule has 33 heavy (non-hydrogen) atoms. The van der Waals surface area contributed by atoms with Crippen LogP contribution in [0.25, 0.3) is 0 Å². The van der Waals surface area contributed by atoms with E-state index < -0.39 is 0 Å². The Bertz CT molecular complexity index is 904. The average Bonchev–Trinajstić information content (AvgIpc) is 3.33. The summed E-state index contributed by atoms with van der Waals surface area (Å²) in [5.74, 6) is 1.02. The van der Waals surface area contributed by atoms with Crippen molar-refractivity contribution < 1.29 is 14.3 Å². The van der Waals surface area contributed by atoms with Gasteiger partial charge >= 0.3 is 0 Å². The third-order valence-electron chi connectivity index (χ3n) is 6.52. The number of likely N-dealkylation sites (tertiary alicyclic amines) is 1. The second-order valence-corrected chi connectivity index (χ2v) is 9.20. The van der Waals surface area contributed by atoms with Gasteiger partial charge in [-0.2, -0.15) is 0 Å². The highest BCUT2D eigenvalue weighted by molar-refractivity contribution is 5.92. The van der Waals surface area contributed by atoms with E-state index >= 15 is 0 Å². The van der Waals surface area contributed by atoms with E-state index in [4.69, 9.17) is 4.74 Å². The van der Waals surface area contributed by atoms with Crippen LogP contribution in [0.3, 0.4) is 0 Å². The van der Waals surface area contributed by atoms with Gasteiger partial charge in [0.2, 0.25) is 11.8 Å². The highest BCUT2D eigenvalue weighted by atomic mass is 16.5. The summed E-state index contributed by atoms with van der Waals surface area (Å²) in [6.07, 6.45) is 8.07. The van der Waals surface area contributed by atoms with Crippen LogP contribution in [0.5, 0.6) is 5.75 Å². The van der Waals surface area contributed by atoms with Crippen molar-refractivity contribution >= 4 is 17.5 Å². The largest absolute Gasteiger partial charge is 0.490 e. The summed E-state index contributed by atoms with van der Waals surface area (Å²) in [5, 5.41) is 6.11. The van der Waals surface area contributed by atoms with Gasteiger partial charge in [0.05, 0.1) is 12.6 Å². The Hall–Kier alpha value is -2.86. The molecule has 1 aliphatic carbocycles. The number of hydrogen-bond acceptors (Lipinski definition) is 4. The number of nitrogens with zero attached hydrogens (tertiary/aromatic N) is 1. The van der Waals surface area contributed by atoms with Gasteiger partial charge in [-0.1, -0.05) is 30.3 Å². The zero-order valence-electron chi connectivity index (χ0n) is 19.3. The quantitative estimate of drug-likeness (QED) is 0.603. The standard InChI is InChI=1S/C27H35N3O3/c31-26(14-13-21-7-6-12-25(19-21)33-24-10-4-5-11-24)28-23-15-17-30(18-16-23)20-27(32)29-22-8-2-1-3-9-22/h1-3,6-9,12,19,23-24H,4-5,10-11,13-18,20H2,(H,28,31)(H,29,32). The molecule has 0 atom stereocenters. The van der Waals surface area contributed by atoms with Crippen LogP contribution in [-0.2, 0) is 16.0 Å². The van der Waals surface area contributed by atoms with Crippen LogP contribution in [-0.4, -0.2) is 48.5 Å². The Morgan fingerprint density at radius 3 is 2.42 bits per heavy atom. The number of carbonyl (C=O) groups excluding carboxylic acids is 2. The molecule has 0 bridgehead atoms. The molecular weight excluding hydrogens is 414 g/mol. The number of piperidine rings is 1. The predicted octanol–water partition coefficient (Wildman–Crippen LogP) is 4.16. The Morgan fingerprint density at radius 1 is 0.909 bits per heavy atom. The second kappa shape index (κ2) is 11.8. The second-order valence-electron chi connectivity index (χ2n) is 9.20. The zero-order chi connectivity index (χ0) is 22.9. The minimum Gasteiger partial charge on any atom is -0.490 e. The predicted molar refractivity (Wildman–Crippen MR) is 130 cm³/mol. The van der Waals surface area contributed by atoms with Gasteiger partial charge < -0.3 is 15.4 Å². The average molecular weight is 450 g/mol. The number of benzene rings is 2. The van der Waals surface area contributed by atoms with Crippen LogP contribution in [0.15, 0.2) is 54.6 Å². The summed E-state index contributed by atoms with van der Waals surface area (Å²) in [4.78, 5) is 26.9. The molecule has 2 aromatic carbocycles. The molecule has 1 heterocycles. The molecule has 1 saturated carbocycles. The lowest BCUT2D eigenvalue weighted by Crippen LogP contribution is -2.46. The molecule has 6 heteroatoms. The van der Waals surface area contributed by atoms with Gasteiger partial charge in [-0.05, 0) is 74.8 Å². The van der Waals surface area contributed by atoms with Crippen molar-refractivity contribution in [3.8, 4) is 5.75 Å². The first kappa shape index (κ1) is 23.3. The summed E-state index contributed by atoms with van der Waals surface area (Å²) in [7, 11) is 0. The molecular formula is C27H35N3O3. The van der Waals surface area contributed by atoms with E-state index in [0.29, 0.717) is 25.5 Å². The molecule has 0 radical (unpaired) electrons. The normalized spacial score (nSPS) is 17.6. The molecule has 2 amide bonds. The van der Waals surface area contributed by atoms with Crippen molar-refractivity contribution in [2.45, 2.75) is 63.5 Å². The van der Waals surface area contributed by atoms with Crippen molar-refractivity contribution in [1.29, 1.82) is 0 Å². The van der Waals surface area contributed by atoms with Gasteiger partial charge in [0.25, 0.3) is 0 Å². The lowest BCUT2D eigenvalue weighted by atomic mass is 10.0. The number of anilines is 1. The SMILES string of the molecule is O=C(CN1CCC(NC(=O)CCc2cccc(OC3CCCC3)c2)CC1)Nc1ccccc1. The first-order valence-corrected chi connectivity index (χ1v) is 12.3. The molecule has 176 valence electrons. The Morgan fingerprint density at radius 2 is 1.67 bits per heavy atom. The van der Waals surface area contributed by atoms with Crippen LogP contribution >= 0.6 is 0 Å². The number of carbonyl (C=O) groups is 2. The highest BCUT2D eigenvalue weighted by Crippen LogP contribution is 2.25. The molecule has 0 unspecified atom stereocenters. The number of aryl methyl sites for hydroxylation is 1. The molecule has 0 aromatic heterocycles. The van der Waals surface area contributed by atoms with Gasteiger partial charge in [-0.25, -0.2) is 0 Å². The highest BCUT2D eigenvalue weighted by Gasteiger charge is 2.22. The van der Waals surface area contributed by atoms with Crippen molar-refractivity contribution in [3.63, 3.8) is 0 Å². The maximum absolute atomic E-state index is 12.5. The van der Waals surface area contributed by atoms with E-state index in [1.165, 1.54) is 12.8 Å². The van der Waals surface area contributed by atoms with E-state index in [1.54, 1.807) is 0 Å². The first-order chi connectivity index (χ1) is 16.1. The number of hydrogen-bond donors (Lipinski definition) is 2. The molecule has 2 aromatic rings. The van der Waals surface area contributed by atoms with E-state index in [9.17, 15) is 9.59 Å². The summed E-state index contributed by atoms with van der Waals surface area (Å²) < 4.78 is 6.08. The van der Waals surface area contributed by atoms with Crippen molar-refractivity contribution in [1.82, 2.24) is 10.2 Å². The minimum absolute atomic E-state index is 0.00262. The Balaban J connectivity index is 1.13. The fourth-order valence-corrected chi connectivity index (χ4v) is 4.69. The topological polar surface area (TPSA) is 70.7 Å². The number of nitrogens with one attached hydrogen (secondary N) is 2. The summed E-state index contributed by atoms with van der Waals surface area (Å²) >= 11 is 0. The van der Waals surface area contributed by atoms with Crippen LogP contribution < -0.4 is 15.4 Å². The van der Waals surface area contributed by atoms with E-state index in [2.05, 4.69) is 27.7 Å². The molecule has 2 N–H and O–H groups in total. The first-order valence-electron chi connectivity index (χ1n) is 12.3. The van der Waals surface area contributed by atoms with Crippen molar-refractivity contribution in [3.05, 3.63) is 60.2 Å². The van der Waals surface area contributed by atoms with Gasteiger partial charge in [0.15, 0.2) is 0 Å². The van der Waals surface area contributed by atoms with Gasteiger partial charge in [0.1, 0.15) is 5.75 Å². The van der Waals surface area contributed by atoms with Crippen molar-refractivity contribution in [2.75, 3.05) is 25.0 Å². The molecule has 0 spiro atoms. The minimum atomic E-state index is 0.00262. The van der Waals surface area contributed by atoms with E-state index in [-0.39, 0.29) is 17.9 Å². The number of amides is 2. The van der Waals surface area contributed by atoms with Gasteiger partial charge in [0, 0.05) is 31.2 Å². The van der Waals surface area contributed by atoms with Crippen LogP contribution in [0.2, 0.25) is 0 Å². The third kappa shape index (κ3) is 7.60. The molecule has 2 fully saturated rings. The molecule has 2 aliphatic rings. The lowest BCUT2D eigenvalue weighted by molar-refractivity contribution is -0.122. The van der Waals surface area contributed by atoms with Crippen molar-refractivity contribution in [2.24, 2.45) is 0 Å². The lowest BCUT2D eigenvalue weighted by Gasteiger charge is -2.31. The Kier molecular flexibility index (Phi) is 8.36. The molecule has 6 nitrogen and oxygen atoms in total. The maximum Gasteiger partial charge on any atom is 0.238 e. The molecule has 1 aliphatic heterocycles. The number of ether oxygens (including phenoxy) is 1. The fraction of sp³-hybridized carbons (Fsp3) is 0.481. The number of rotatable bonds is 9. The summed E-state index contributed by atoms with van der Waals surface area (Å²) in [5.41, 5.74) is 1.96. The molecule has 4 rings (SSSR count). The molecule has 1 saturated heterocycles. The summed E-state index contributed by atoms with van der Waals surface area (Å²) in [6.45, 7) is 2.01.